The number of rotatable bonds is 2. The van der Waals surface area contributed by atoms with Crippen molar-refractivity contribution >= 4 is 5.78 Å². The molecule has 0 saturated heterocycles. The molecule has 0 saturated carbocycles. The van der Waals surface area contributed by atoms with Crippen LogP contribution in [0.4, 0.5) is 0 Å². The van der Waals surface area contributed by atoms with Crippen molar-refractivity contribution in [1.82, 2.24) is 0 Å². The van der Waals surface area contributed by atoms with Crippen molar-refractivity contribution in [1.29, 1.82) is 0 Å². The highest BCUT2D eigenvalue weighted by molar-refractivity contribution is 5.87. The van der Waals surface area contributed by atoms with Gasteiger partial charge in [-0.15, -0.1) is 0 Å². The summed E-state index contributed by atoms with van der Waals surface area (Å²) in [4.78, 5) is 10.1. The van der Waals surface area contributed by atoms with E-state index in [0.29, 0.717) is 0 Å². The summed E-state index contributed by atoms with van der Waals surface area (Å²) in [5.74, 6) is 0.0555. The lowest BCUT2D eigenvalue weighted by atomic mass is 10.4. The Kier molecular flexibility index (Phi) is 2.94. The Morgan fingerprint density at radius 2 is 2.29 bits per heavy atom. The summed E-state index contributed by atoms with van der Waals surface area (Å²) in [6, 6.07) is 0. The molecule has 0 heterocycles. The maximum atomic E-state index is 10.1. The quantitative estimate of drug-likeness (QED) is 0.374. The van der Waals surface area contributed by atoms with E-state index in [1.165, 1.54) is 13.0 Å². The Morgan fingerprint density at radius 1 is 1.71 bits per heavy atom. The topological polar surface area (TPSA) is 17.1 Å². The Labute approximate surface area is 43.3 Å². The van der Waals surface area contributed by atoms with Crippen molar-refractivity contribution < 1.29 is 4.79 Å². The third kappa shape index (κ3) is 5.15. The van der Waals surface area contributed by atoms with Crippen LogP contribution in [0.25, 0.3) is 0 Å². The molecule has 1 heteroatoms. The molecule has 0 amide bonds. The molecular weight excluding hydrogens is 88.1 g/mol. The van der Waals surface area contributed by atoms with Crippen LogP contribution in [0.5, 0.6) is 0 Å². The van der Waals surface area contributed by atoms with E-state index in [0.717, 1.165) is 0 Å². The fourth-order valence-corrected chi connectivity index (χ4v) is 0.204. The van der Waals surface area contributed by atoms with Crippen LogP contribution in [0.15, 0.2) is 24.8 Å². The second-order valence-corrected chi connectivity index (χ2v) is 1.21. The van der Waals surface area contributed by atoms with Crippen molar-refractivity contribution in [3.63, 3.8) is 0 Å². The van der Waals surface area contributed by atoms with Crippen LogP contribution >= 0.6 is 0 Å². The van der Waals surface area contributed by atoms with E-state index in [-0.39, 0.29) is 5.78 Å². The molecule has 0 spiro atoms. The van der Waals surface area contributed by atoms with E-state index < -0.39 is 0 Å². The van der Waals surface area contributed by atoms with E-state index in [1.807, 2.05) is 0 Å². The Bertz CT molecular complexity index is 101. The van der Waals surface area contributed by atoms with Gasteiger partial charge in [-0.2, -0.15) is 0 Å². The monoisotopic (exact) mass is 96.1 g/mol. The van der Waals surface area contributed by atoms with Crippen LogP contribution in [-0.4, -0.2) is 5.78 Å². The van der Waals surface area contributed by atoms with Crippen molar-refractivity contribution in [2.75, 3.05) is 0 Å². The molecule has 0 aromatic heterocycles. The summed E-state index contributed by atoms with van der Waals surface area (Å²) in [7, 11) is 0. The van der Waals surface area contributed by atoms with Crippen LogP contribution in [0.1, 0.15) is 6.92 Å². The van der Waals surface area contributed by atoms with Gasteiger partial charge in [-0.3, -0.25) is 4.79 Å². The van der Waals surface area contributed by atoms with Crippen LogP contribution < -0.4 is 0 Å². The third-order valence-electron chi connectivity index (χ3n) is 0.467. The largest absolute Gasteiger partial charge is 0.295 e. The lowest BCUT2D eigenvalue weighted by Crippen LogP contribution is -1.76. The highest BCUT2D eigenvalue weighted by atomic mass is 16.1. The van der Waals surface area contributed by atoms with Gasteiger partial charge in [0.2, 0.25) is 0 Å². The lowest BCUT2D eigenvalue weighted by molar-refractivity contribution is -0.112. The molecule has 0 aromatic carbocycles. The average Bonchev–Trinajstić information content (AvgIpc) is 1.61. The van der Waals surface area contributed by atoms with Gasteiger partial charge in [0.15, 0.2) is 5.78 Å². The van der Waals surface area contributed by atoms with Gasteiger partial charge >= 0.3 is 0 Å². The minimum absolute atomic E-state index is 0.0555. The summed E-state index contributed by atoms with van der Waals surface area (Å²) in [6.45, 7) is 4.89. The molecule has 0 N–H and O–H groups in total. The number of carbonyl (C=O) groups excluding carboxylic acids is 1. The fourth-order valence-electron chi connectivity index (χ4n) is 0.204. The summed E-state index contributed by atoms with van der Waals surface area (Å²) in [6.07, 6.45) is 4.65. The maximum Gasteiger partial charge on any atom is 0.152 e. The first-order valence-electron chi connectivity index (χ1n) is 2.07. The van der Waals surface area contributed by atoms with Gasteiger partial charge < -0.3 is 0 Å². The van der Waals surface area contributed by atoms with Gasteiger partial charge in [0.1, 0.15) is 0 Å². The smallest absolute Gasteiger partial charge is 0.152 e. The zero-order chi connectivity index (χ0) is 5.70. The molecule has 0 aliphatic rings. The summed E-state index contributed by atoms with van der Waals surface area (Å²) in [5.41, 5.74) is 0. The first-order valence-corrected chi connectivity index (χ1v) is 2.07. The normalized spacial score (nSPS) is 9.29. The molecule has 0 bridgehead atoms. The summed E-state index contributed by atoms with van der Waals surface area (Å²) < 4.78 is 0. The molecule has 0 unspecified atom stereocenters. The van der Waals surface area contributed by atoms with Gasteiger partial charge in [-0.05, 0) is 13.0 Å². The first-order chi connectivity index (χ1) is 3.27. The van der Waals surface area contributed by atoms with Crippen LogP contribution in [0.2, 0.25) is 0 Å². The first kappa shape index (κ1) is 6.15. The maximum absolute atomic E-state index is 10.1. The minimum Gasteiger partial charge on any atom is -0.295 e. The van der Waals surface area contributed by atoms with Gasteiger partial charge in [-0.1, -0.05) is 18.7 Å². The second-order valence-electron chi connectivity index (χ2n) is 1.21. The minimum atomic E-state index is 0.0555. The number of carbonyl (C=O) groups is 1. The van der Waals surface area contributed by atoms with Crippen molar-refractivity contribution in [2.45, 2.75) is 6.92 Å². The molecule has 0 aromatic rings. The van der Waals surface area contributed by atoms with E-state index in [2.05, 4.69) is 6.58 Å². The van der Waals surface area contributed by atoms with Crippen molar-refractivity contribution in [2.24, 2.45) is 0 Å². The van der Waals surface area contributed by atoms with Gasteiger partial charge in [-0.25, -0.2) is 0 Å². The van der Waals surface area contributed by atoms with Crippen molar-refractivity contribution in [3.05, 3.63) is 24.8 Å². The molecule has 0 radical (unpaired) electrons. The molecule has 0 aliphatic heterocycles. The molecule has 1 nitrogen and oxygen atoms in total. The van der Waals surface area contributed by atoms with Crippen LogP contribution in [0.3, 0.4) is 0 Å². The van der Waals surface area contributed by atoms with Crippen LogP contribution in [0, 0.1) is 0 Å². The SMILES string of the molecule is C=CC=CC(C)=O. The zero-order valence-corrected chi connectivity index (χ0v) is 4.35. The average molecular weight is 96.1 g/mol. The highest BCUT2D eigenvalue weighted by Crippen LogP contribution is 1.72. The second kappa shape index (κ2) is 3.34. The number of allylic oxidation sites excluding steroid dienone is 3. The van der Waals surface area contributed by atoms with Crippen molar-refractivity contribution in [3.8, 4) is 0 Å². The predicted octanol–water partition coefficient (Wildman–Crippen LogP) is 1.32. The summed E-state index contributed by atoms with van der Waals surface area (Å²) >= 11 is 0. The highest BCUT2D eigenvalue weighted by Gasteiger charge is 1.74. The summed E-state index contributed by atoms with van der Waals surface area (Å²) in [5, 5.41) is 0. The molecule has 0 aliphatic carbocycles. The van der Waals surface area contributed by atoms with Gasteiger partial charge in [0.25, 0.3) is 0 Å². The molecule has 38 valence electrons. The zero-order valence-electron chi connectivity index (χ0n) is 4.35. The third-order valence-corrected chi connectivity index (χ3v) is 0.467. The van der Waals surface area contributed by atoms with E-state index >= 15 is 0 Å². The van der Waals surface area contributed by atoms with E-state index in [1.54, 1.807) is 12.2 Å². The standard InChI is InChI=1S/C6H8O/c1-3-4-5-6(2)7/h3-5H,1H2,2H3. The predicted molar refractivity (Wildman–Crippen MR) is 30.0 cm³/mol. The molecule has 0 atom stereocenters. The molecule has 7 heavy (non-hydrogen) atoms. The number of ketones is 1. The fraction of sp³-hybridized carbons (Fsp3) is 0.167. The van der Waals surface area contributed by atoms with Gasteiger partial charge in [0, 0.05) is 0 Å². The van der Waals surface area contributed by atoms with Gasteiger partial charge in [0.05, 0.1) is 0 Å². The Hall–Kier alpha value is -0.850. The number of hydrogen-bond acceptors (Lipinski definition) is 1. The van der Waals surface area contributed by atoms with E-state index in [4.69, 9.17) is 0 Å². The lowest BCUT2D eigenvalue weighted by Gasteiger charge is -1.70. The van der Waals surface area contributed by atoms with Crippen LogP contribution in [-0.2, 0) is 4.79 Å². The number of hydrogen-bond donors (Lipinski definition) is 0. The molecule has 0 fully saturated rings. The Morgan fingerprint density at radius 3 is 2.43 bits per heavy atom. The Balaban J connectivity index is 3.46. The van der Waals surface area contributed by atoms with E-state index in [9.17, 15) is 4.79 Å². The molecular formula is C6H8O. The molecule has 0 rings (SSSR count).